The van der Waals surface area contributed by atoms with Crippen LogP contribution in [0.4, 0.5) is 0 Å². The number of aliphatic hydroxyl groups excluding tert-OH is 1. The first kappa shape index (κ1) is 23.0. The molecule has 0 saturated heterocycles. The highest BCUT2D eigenvalue weighted by Gasteiger charge is 2.20. The van der Waals surface area contributed by atoms with Crippen LogP contribution in [0.5, 0.6) is 0 Å². The van der Waals surface area contributed by atoms with Crippen LogP contribution in [0.3, 0.4) is 0 Å². The van der Waals surface area contributed by atoms with Crippen LogP contribution in [0, 0.1) is 0 Å². The van der Waals surface area contributed by atoms with Gasteiger partial charge in [-0.3, -0.25) is 0 Å². The number of hydrogen-bond donors (Lipinski definition) is 1. The van der Waals surface area contributed by atoms with Gasteiger partial charge in [-0.25, -0.2) is 0 Å². The molecule has 2 aliphatic carbocycles. The highest BCUT2D eigenvalue weighted by molar-refractivity contribution is 4.68. The number of aliphatic hydroxyl groups is 1. The number of rotatable bonds is 14. The van der Waals surface area contributed by atoms with E-state index in [1.54, 1.807) is 7.11 Å². The van der Waals surface area contributed by atoms with Crippen molar-refractivity contribution in [2.24, 2.45) is 0 Å². The Morgan fingerprint density at radius 1 is 0.741 bits per heavy atom. The largest absolute Gasteiger partial charge is 0.388 e. The summed E-state index contributed by atoms with van der Waals surface area (Å²) < 4.78 is 28.4. The average Bonchev–Trinajstić information content (AvgIpc) is 2.72. The molecule has 2 fully saturated rings. The van der Waals surface area contributed by atoms with Gasteiger partial charge in [0.1, 0.15) is 12.2 Å². The standard InChI is InChI=1S/C21H40O6/c1-23-12-13-24-16-21(17-27-20-10-6-3-7-11-20)26-15-18(22)14-25-19-8-4-2-5-9-19/h18-22H,2-17H2,1H3. The molecule has 0 bridgehead atoms. The summed E-state index contributed by atoms with van der Waals surface area (Å²) in [7, 11) is 1.66. The summed E-state index contributed by atoms with van der Waals surface area (Å²) >= 11 is 0. The van der Waals surface area contributed by atoms with Crippen LogP contribution >= 0.6 is 0 Å². The predicted octanol–water partition coefficient (Wildman–Crippen LogP) is 3.09. The molecule has 160 valence electrons. The third-order valence-electron chi connectivity index (χ3n) is 5.41. The summed E-state index contributed by atoms with van der Waals surface area (Å²) in [5.41, 5.74) is 0. The second-order valence-electron chi connectivity index (χ2n) is 7.86. The Morgan fingerprint density at radius 2 is 1.33 bits per heavy atom. The highest BCUT2D eigenvalue weighted by Crippen LogP contribution is 2.21. The van der Waals surface area contributed by atoms with E-state index in [1.807, 2.05) is 0 Å². The Bertz CT molecular complexity index is 342. The average molecular weight is 389 g/mol. The maximum Gasteiger partial charge on any atom is 0.104 e. The lowest BCUT2D eigenvalue weighted by Crippen LogP contribution is -2.34. The van der Waals surface area contributed by atoms with Gasteiger partial charge in [0.2, 0.25) is 0 Å². The topological polar surface area (TPSA) is 66.4 Å². The summed E-state index contributed by atoms with van der Waals surface area (Å²) in [5, 5.41) is 10.2. The molecule has 2 aliphatic rings. The zero-order valence-corrected chi connectivity index (χ0v) is 17.1. The molecule has 6 nitrogen and oxygen atoms in total. The molecule has 6 heteroatoms. The van der Waals surface area contributed by atoms with E-state index in [4.69, 9.17) is 23.7 Å². The SMILES string of the molecule is COCCOCC(COC1CCCCC1)OCC(O)COC1CCCCC1. The van der Waals surface area contributed by atoms with Crippen molar-refractivity contribution < 1.29 is 28.8 Å². The number of ether oxygens (including phenoxy) is 5. The minimum Gasteiger partial charge on any atom is -0.388 e. The van der Waals surface area contributed by atoms with Crippen molar-refractivity contribution in [3.8, 4) is 0 Å². The Hall–Kier alpha value is -0.240. The van der Waals surface area contributed by atoms with E-state index in [0.717, 1.165) is 25.7 Å². The third kappa shape index (κ3) is 10.8. The van der Waals surface area contributed by atoms with Crippen molar-refractivity contribution in [3.05, 3.63) is 0 Å². The Morgan fingerprint density at radius 3 is 1.93 bits per heavy atom. The van der Waals surface area contributed by atoms with Crippen LogP contribution in [0.1, 0.15) is 64.2 Å². The van der Waals surface area contributed by atoms with Crippen LogP contribution in [0.15, 0.2) is 0 Å². The maximum atomic E-state index is 10.2. The van der Waals surface area contributed by atoms with Crippen LogP contribution in [0.25, 0.3) is 0 Å². The van der Waals surface area contributed by atoms with E-state index < -0.39 is 6.10 Å². The molecule has 27 heavy (non-hydrogen) atoms. The van der Waals surface area contributed by atoms with Gasteiger partial charge in [0.05, 0.1) is 51.8 Å². The lowest BCUT2D eigenvalue weighted by Gasteiger charge is -2.26. The summed E-state index contributed by atoms with van der Waals surface area (Å²) in [6.45, 7) is 2.64. The van der Waals surface area contributed by atoms with Gasteiger partial charge in [0.25, 0.3) is 0 Å². The summed E-state index contributed by atoms with van der Waals surface area (Å²) in [6.07, 6.45) is 11.9. The first-order valence-electron chi connectivity index (χ1n) is 10.9. The molecular weight excluding hydrogens is 348 g/mol. The van der Waals surface area contributed by atoms with Crippen LogP contribution in [0.2, 0.25) is 0 Å². The molecule has 0 aromatic carbocycles. The molecule has 2 atom stereocenters. The van der Waals surface area contributed by atoms with Crippen molar-refractivity contribution in [2.75, 3.05) is 46.8 Å². The summed E-state index contributed by atoms with van der Waals surface area (Å²) in [5.74, 6) is 0. The van der Waals surface area contributed by atoms with E-state index >= 15 is 0 Å². The van der Waals surface area contributed by atoms with E-state index in [9.17, 15) is 5.11 Å². The van der Waals surface area contributed by atoms with Gasteiger partial charge in [-0.05, 0) is 25.7 Å². The molecule has 2 rings (SSSR count). The monoisotopic (exact) mass is 388 g/mol. The molecule has 1 N–H and O–H groups in total. The van der Waals surface area contributed by atoms with E-state index in [1.165, 1.54) is 38.5 Å². The first-order valence-corrected chi connectivity index (χ1v) is 10.9. The first-order chi connectivity index (χ1) is 13.3. The van der Waals surface area contributed by atoms with Gasteiger partial charge in [-0.2, -0.15) is 0 Å². The number of methoxy groups -OCH3 is 1. The Labute approximate surface area is 164 Å². The fraction of sp³-hybridized carbons (Fsp3) is 1.00. The maximum absolute atomic E-state index is 10.2. The van der Waals surface area contributed by atoms with Gasteiger partial charge in [-0.1, -0.05) is 38.5 Å². The van der Waals surface area contributed by atoms with Crippen LogP contribution in [-0.4, -0.2) is 76.3 Å². The second-order valence-corrected chi connectivity index (χ2v) is 7.86. The molecule has 0 aromatic heterocycles. The fourth-order valence-corrected chi connectivity index (χ4v) is 3.75. The minimum atomic E-state index is -0.608. The van der Waals surface area contributed by atoms with Crippen molar-refractivity contribution in [1.29, 1.82) is 0 Å². The summed E-state index contributed by atoms with van der Waals surface area (Å²) in [6, 6.07) is 0. The lowest BCUT2D eigenvalue weighted by atomic mass is 9.98. The van der Waals surface area contributed by atoms with Gasteiger partial charge in [0.15, 0.2) is 0 Å². The van der Waals surface area contributed by atoms with Crippen LogP contribution < -0.4 is 0 Å². The van der Waals surface area contributed by atoms with Gasteiger partial charge >= 0.3 is 0 Å². The third-order valence-corrected chi connectivity index (χ3v) is 5.41. The molecule has 2 saturated carbocycles. The summed E-state index contributed by atoms with van der Waals surface area (Å²) in [4.78, 5) is 0. The molecular formula is C21H40O6. The molecule has 0 aromatic rings. The van der Waals surface area contributed by atoms with Gasteiger partial charge in [-0.15, -0.1) is 0 Å². The molecule has 0 amide bonds. The smallest absolute Gasteiger partial charge is 0.104 e. The van der Waals surface area contributed by atoms with E-state index in [-0.39, 0.29) is 12.7 Å². The molecule has 0 aliphatic heterocycles. The molecule has 0 radical (unpaired) electrons. The zero-order valence-electron chi connectivity index (χ0n) is 17.1. The normalized spacial score (nSPS) is 22.0. The van der Waals surface area contributed by atoms with Crippen molar-refractivity contribution in [2.45, 2.75) is 88.6 Å². The Kier molecular flexibility index (Phi) is 12.6. The molecule has 0 heterocycles. The van der Waals surface area contributed by atoms with Crippen molar-refractivity contribution in [3.63, 3.8) is 0 Å². The van der Waals surface area contributed by atoms with E-state index in [2.05, 4.69) is 0 Å². The fourth-order valence-electron chi connectivity index (χ4n) is 3.75. The van der Waals surface area contributed by atoms with Gasteiger partial charge in [0, 0.05) is 7.11 Å². The van der Waals surface area contributed by atoms with Crippen LogP contribution in [-0.2, 0) is 23.7 Å². The van der Waals surface area contributed by atoms with Crippen molar-refractivity contribution >= 4 is 0 Å². The molecule has 0 spiro atoms. The number of hydrogen-bond acceptors (Lipinski definition) is 6. The second kappa shape index (κ2) is 14.7. The predicted molar refractivity (Wildman–Crippen MR) is 104 cm³/mol. The molecule has 2 unspecified atom stereocenters. The van der Waals surface area contributed by atoms with Crippen molar-refractivity contribution in [1.82, 2.24) is 0 Å². The quantitative estimate of drug-likeness (QED) is 0.461. The minimum absolute atomic E-state index is 0.173. The van der Waals surface area contributed by atoms with E-state index in [0.29, 0.717) is 45.2 Å². The Balaban J connectivity index is 1.63. The van der Waals surface area contributed by atoms with Gasteiger partial charge < -0.3 is 28.8 Å². The lowest BCUT2D eigenvalue weighted by molar-refractivity contribution is -0.114. The highest BCUT2D eigenvalue weighted by atomic mass is 16.6. The zero-order chi connectivity index (χ0) is 19.2.